The Labute approximate surface area is 120 Å². The van der Waals surface area contributed by atoms with E-state index in [0.29, 0.717) is 11.1 Å². The molecule has 2 aromatic rings. The van der Waals surface area contributed by atoms with Gasteiger partial charge in [0.25, 0.3) is 0 Å². The van der Waals surface area contributed by atoms with Crippen molar-refractivity contribution in [2.45, 2.75) is 6.61 Å². The number of hydrogen-bond donors (Lipinski definition) is 1. The quantitative estimate of drug-likeness (QED) is 0.850. The number of esters is 2. The zero-order valence-corrected chi connectivity index (χ0v) is 11.5. The third-order valence-corrected chi connectivity index (χ3v) is 2.79. The molecule has 0 unspecified atom stereocenters. The fourth-order valence-electron chi connectivity index (χ4n) is 1.77. The van der Waals surface area contributed by atoms with Crippen LogP contribution in [0.2, 0.25) is 0 Å². The SMILES string of the molecule is COC(=O)c1nc(-c2ccccc2CO)oc1C(=O)OC. The molecule has 0 aliphatic heterocycles. The van der Waals surface area contributed by atoms with Crippen molar-refractivity contribution < 1.29 is 28.6 Å². The van der Waals surface area contributed by atoms with Crippen LogP contribution in [0, 0.1) is 0 Å². The minimum atomic E-state index is -0.837. The molecular formula is C14H13NO6. The molecule has 7 nitrogen and oxygen atoms in total. The maximum atomic E-state index is 11.7. The van der Waals surface area contributed by atoms with Gasteiger partial charge in [0.2, 0.25) is 17.3 Å². The standard InChI is InChI=1S/C14H13NO6/c1-19-13(17)10-11(14(18)20-2)21-12(15-10)9-6-4-3-5-8(9)7-16/h3-6,16H,7H2,1-2H3. The molecule has 1 N–H and O–H groups in total. The van der Waals surface area contributed by atoms with E-state index in [0.717, 1.165) is 7.11 Å². The smallest absolute Gasteiger partial charge is 0.376 e. The number of aliphatic hydroxyl groups is 1. The summed E-state index contributed by atoms with van der Waals surface area (Å²) in [5.41, 5.74) is 0.749. The molecule has 110 valence electrons. The number of rotatable bonds is 4. The minimum absolute atomic E-state index is 0.0282. The van der Waals surface area contributed by atoms with E-state index in [2.05, 4.69) is 14.5 Å². The molecule has 7 heteroatoms. The topological polar surface area (TPSA) is 98.9 Å². The number of aliphatic hydroxyl groups excluding tert-OH is 1. The first kappa shape index (κ1) is 14.7. The van der Waals surface area contributed by atoms with Crippen molar-refractivity contribution in [1.82, 2.24) is 4.98 Å². The third kappa shape index (κ3) is 2.77. The van der Waals surface area contributed by atoms with Crippen molar-refractivity contribution in [3.63, 3.8) is 0 Å². The first-order valence-electron chi connectivity index (χ1n) is 5.99. The van der Waals surface area contributed by atoms with Gasteiger partial charge >= 0.3 is 11.9 Å². The first-order chi connectivity index (χ1) is 10.1. The Morgan fingerprint density at radius 2 is 1.86 bits per heavy atom. The van der Waals surface area contributed by atoms with Gasteiger partial charge in [-0.15, -0.1) is 0 Å². The van der Waals surface area contributed by atoms with E-state index < -0.39 is 11.9 Å². The van der Waals surface area contributed by atoms with Crippen LogP contribution in [0.5, 0.6) is 0 Å². The number of aromatic nitrogens is 1. The summed E-state index contributed by atoms with van der Waals surface area (Å²) in [6.45, 7) is -0.236. The molecule has 0 bridgehead atoms. The maximum absolute atomic E-state index is 11.7. The number of carbonyl (C=O) groups is 2. The Balaban J connectivity index is 2.58. The molecule has 0 atom stereocenters. The Morgan fingerprint density at radius 1 is 1.19 bits per heavy atom. The summed E-state index contributed by atoms with van der Waals surface area (Å²) >= 11 is 0. The summed E-state index contributed by atoms with van der Waals surface area (Å²) in [6, 6.07) is 6.78. The molecule has 1 aromatic carbocycles. The van der Waals surface area contributed by atoms with E-state index >= 15 is 0 Å². The summed E-state index contributed by atoms with van der Waals surface area (Å²) in [5.74, 6) is -1.96. The minimum Gasteiger partial charge on any atom is -0.464 e. The van der Waals surface area contributed by atoms with Crippen molar-refractivity contribution in [1.29, 1.82) is 0 Å². The van der Waals surface area contributed by atoms with Crippen LogP contribution in [0.15, 0.2) is 28.7 Å². The zero-order valence-electron chi connectivity index (χ0n) is 11.5. The van der Waals surface area contributed by atoms with Crippen LogP contribution in [0.25, 0.3) is 11.5 Å². The highest BCUT2D eigenvalue weighted by Crippen LogP contribution is 2.26. The molecular weight excluding hydrogens is 278 g/mol. The lowest BCUT2D eigenvalue weighted by Gasteiger charge is -2.01. The molecule has 0 aliphatic carbocycles. The van der Waals surface area contributed by atoms with E-state index in [1.165, 1.54) is 7.11 Å². The second kappa shape index (κ2) is 6.19. The van der Waals surface area contributed by atoms with Gasteiger partial charge in [0.05, 0.1) is 20.8 Å². The zero-order chi connectivity index (χ0) is 15.4. The Kier molecular flexibility index (Phi) is 4.34. The lowest BCUT2D eigenvalue weighted by atomic mass is 10.1. The van der Waals surface area contributed by atoms with Gasteiger partial charge in [-0.05, 0) is 11.6 Å². The largest absolute Gasteiger partial charge is 0.464 e. The summed E-state index contributed by atoms with van der Waals surface area (Å²) in [4.78, 5) is 27.3. The van der Waals surface area contributed by atoms with Crippen LogP contribution in [-0.4, -0.2) is 36.2 Å². The van der Waals surface area contributed by atoms with Gasteiger partial charge in [0.1, 0.15) is 0 Å². The van der Waals surface area contributed by atoms with Crippen molar-refractivity contribution in [2.24, 2.45) is 0 Å². The second-order valence-electron chi connectivity index (χ2n) is 4.00. The molecule has 0 saturated carbocycles. The Morgan fingerprint density at radius 3 is 2.48 bits per heavy atom. The van der Waals surface area contributed by atoms with Crippen molar-refractivity contribution in [2.75, 3.05) is 14.2 Å². The number of benzene rings is 1. The van der Waals surface area contributed by atoms with E-state index in [-0.39, 0.29) is 24.0 Å². The molecule has 0 radical (unpaired) electrons. The van der Waals surface area contributed by atoms with E-state index in [9.17, 15) is 14.7 Å². The highest BCUT2D eigenvalue weighted by Gasteiger charge is 2.27. The molecule has 1 heterocycles. The fraction of sp³-hybridized carbons (Fsp3) is 0.214. The average Bonchev–Trinajstić information content (AvgIpc) is 2.98. The van der Waals surface area contributed by atoms with Crippen LogP contribution in [0.3, 0.4) is 0 Å². The van der Waals surface area contributed by atoms with Crippen molar-refractivity contribution in [3.05, 3.63) is 41.3 Å². The van der Waals surface area contributed by atoms with Gasteiger partial charge in [0, 0.05) is 5.56 Å². The first-order valence-corrected chi connectivity index (χ1v) is 5.99. The predicted molar refractivity (Wildman–Crippen MR) is 70.5 cm³/mol. The number of oxazole rings is 1. The highest BCUT2D eigenvalue weighted by atomic mass is 16.5. The van der Waals surface area contributed by atoms with Gasteiger partial charge in [-0.1, -0.05) is 18.2 Å². The molecule has 0 saturated heterocycles. The maximum Gasteiger partial charge on any atom is 0.376 e. The Hall–Kier alpha value is -2.67. The number of hydrogen-bond acceptors (Lipinski definition) is 7. The lowest BCUT2D eigenvalue weighted by molar-refractivity contribution is 0.0527. The molecule has 0 aliphatic rings. The van der Waals surface area contributed by atoms with Gasteiger partial charge < -0.3 is 19.0 Å². The average molecular weight is 291 g/mol. The molecule has 1 aromatic heterocycles. The number of ether oxygens (including phenoxy) is 2. The van der Waals surface area contributed by atoms with Crippen molar-refractivity contribution in [3.8, 4) is 11.5 Å². The van der Waals surface area contributed by atoms with Gasteiger partial charge in [0.15, 0.2) is 0 Å². The van der Waals surface area contributed by atoms with Crippen LogP contribution in [-0.2, 0) is 16.1 Å². The molecule has 0 spiro atoms. The van der Waals surface area contributed by atoms with E-state index in [1.807, 2.05) is 0 Å². The normalized spacial score (nSPS) is 10.2. The predicted octanol–water partition coefficient (Wildman–Crippen LogP) is 1.41. The fourth-order valence-corrected chi connectivity index (χ4v) is 1.77. The van der Waals surface area contributed by atoms with Gasteiger partial charge in [-0.3, -0.25) is 0 Å². The van der Waals surface area contributed by atoms with Crippen LogP contribution >= 0.6 is 0 Å². The summed E-state index contributed by atoms with van der Waals surface area (Å²) in [7, 11) is 2.33. The molecule has 2 rings (SSSR count). The number of methoxy groups -OCH3 is 2. The van der Waals surface area contributed by atoms with Gasteiger partial charge in [-0.25, -0.2) is 14.6 Å². The summed E-state index contributed by atoms with van der Waals surface area (Å²) < 4.78 is 14.4. The summed E-state index contributed by atoms with van der Waals surface area (Å²) in [5, 5.41) is 9.31. The van der Waals surface area contributed by atoms with Crippen molar-refractivity contribution >= 4 is 11.9 Å². The second-order valence-corrected chi connectivity index (χ2v) is 4.00. The van der Waals surface area contributed by atoms with E-state index in [1.54, 1.807) is 24.3 Å². The van der Waals surface area contributed by atoms with Gasteiger partial charge in [-0.2, -0.15) is 0 Å². The lowest BCUT2D eigenvalue weighted by Crippen LogP contribution is -2.10. The van der Waals surface area contributed by atoms with Crippen LogP contribution in [0.4, 0.5) is 0 Å². The molecule has 21 heavy (non-hydrogen) atoms. The molecule has 0 amide bonds. The monoisotopic (exact) mass is 291 g/mol. The molecule has 0 fully saturated rings. The number of carbonyl (C=O) groups excluding carboxylic acids is 2. The summed E-state index contributed by atoms with van der Waals surface area (Å²) in [6.07, 6.45) is 0. The Bertz CT molecular complexity index is 642. The van der Waals surface area contributed by atoms with Crippen LogP contribution in [0.1, 0.15) is 26.6 Å². The highest BCUT2D eigenvalue weighted by molar-refractivity contribution is 6.00. The third-order valence-electron chi connectivity index (χ3n) is 2.79. The number of nitrogens with zero attached hydrogens (tertiary/aromatic N) is 1. The van der Waals surface area contributed by atoms with E-state index in [4.69, 9.17) is 4.42 Å². The van der Waals surface area contributed by atoms with Crippen LogP contribution < -0.4 is 0 Å².